The van der Waals surface area contributed by atoms with Crippen molar-refractivity contribution in [3.63, 3.8) is 0 Å². The van der Waals surface area contributed by atoms with Gasteiger partial charge in [0.15, 0.2) is 0 Å². The molecule has 2 rings (SSSR count). The van der Waals surface area contributed by atoms with Crippen LogP contribution >= 0.6 is 11.6 Å². The van der Waals surface area contributed by atoms with Crippen LogP contribution in [-0.2, 0) is 9.53 Å². The van der Waals surface area contributed by atoms with E-state index in [-0.39, 0.29) is 11.9 Å². The van der Waals surface area contributed by atoms with Crippen LogP contribution in [0.5, 0.6) is 5.75 Å². The van der Waals surface area contributed by atoms with E-state index >= 15 is 0 Å². The van der Waals surface area contributed by atoms with E-state index in [4.69, 9.17) is 21.1 Å². The fourth-order valence-electron chi connectivity index (χ4n) is 3.18. The Morgan fingerprint density at radius 1 is 1.33 bits per heavy atom. The van der Waals surface area contributed by atoms with Crippen molar-refractivity contribution < 1.29 is 19.1 Å². The number of methoxy groups -OCH3 is 2. The third-order valence-corrected chi connectivity index (χ3v) is 4.84. The predicted molar refractivity (Wildman–Crippen MR) is 105 cm³/mol. The molecule has 27 heavy (non-hydrogen) atoms. The van der Waals surface area contributed by atoms with Gasteiger partial charge in [0.2, 0.25) is 5.91 Å². The van der Waals surface area contributed by atoms with Gasteiger partial charge >= 0.3 is 6.03 Å². The Kier molecular flexibility index (Phi) is 8.67. The van der Waals surface area contributed by atoms with Gasteiger partial charge in [0.25, 0.3) is 0 Å². The zero-order valence-corrected chi connectivity index (χ0v) is 16.7. The molecule has 0 aromatic heterocycles. The summed E-state index contributed by atoms with van der Waals surface area (Å²) in [5, 5.41) is 6.24. The summed E-state index contributed by atoms with van der Waals surface area (Å²) < 4.78 is 10.2. The van der Waals surface area contributed by atoms with Crippen molar-refractivity contribution in [2.75, 3.05) is 45.8 Å². The van der Waals surface area contributed by atoms with Gasteiger partial charge in [0, 0.05) is 38.2 Å². The van der Waals surface area contributed by atoms with Crippen molar-refractivity contribution in [1.82, 2.24) is 10.2 Å². The van der Waals surface area contributed by atoms with Crippen LogP contribution in [0.25, 0.3) is 0 Å². The largest absolute Gasteiger partial charge is 0.495 e. The Bertz CT molecular complexity index is 641. The van der Waals surface area contributed by atoms with Crippen LogP contribution < -0.4 is 15.4 Å². The maximum atomic E-state index is 12.3. The Balaban J connectivity index is 1.79. The zero-order chi connectivity index (χ0) is 19.6. The first-order chi connectivity index (χ1) is 13.0. The van der Waals surface area contributed by atoms with E-state index in [1.54, 1.807) is 32.4 Å². The minimum absolute atomic E-state index is 0.0649. The molecule has 1 unspecified atom stereocenters. The van der Waals surface area contributed by atoms with Gasteiger partial charge in [-0.3, -0.25) is 4.79 Å². The second-order valence-corrected chi connectivity index (χ2v) is 7.05. The van der Waals surface area contributed by atoms with Crippen LogP contribution in [0, 0.1) is 5.92 Å². The number of rotatable bonds is 8. The van der Waals surface area contributed by atoms with Crippen LogP contribution in [0.15, 0.2) is 18.2 Å². The zero-order valence-electron chi connectivity index (χ0n) is 15.9. The van der Waals surface area contributed by atoms with Gasteiger partial charge in [0.1, 0.15) is 5.75 Å². The normalized spacial score (nSPS) is 16.7. The molecule has 1 heterocycles. The van der Waals surface area contributed by atoms with Crippen molar-refractivity contribution in [1.29, 1.82) is 0 Å². The summed E-state index contributed by atoms with van der Waals surface area (Å²) in [5.41, 5.74) is 0.567. The maximum Gasteiger partial charge on any atom is 0.317 e. The van der Waals surface area contributed by atoms with Gasteiger partial charge in [-0.25, -0.2) is 4.79 Å². The van der Waals surface area contributed by atoms with Crippen molar-refractivity contribution in [3.8, 4) is 5.75 Å². The first-order valence-electron chi connectivity index (χ1n) is 9.18. The summed E-state index contributed by atoms with van der Waals surface area (Å²) in [6, 6.07) is 5.04. The number of nitrogens with one attached hydrogen (secondary N) is 2. The molecule has 1 atom stereocenters. The molecule has 1 fully saturated rings. The van der Waals surface area contributed by atoms with Crippen LogP contribution in [0.4, 0.5) is 10.5 Å². The third kappa shape index (κ3) is 6.92. The topological polar surface area (TPSA) is 79.9 Å². The molecule has 7 nitrogen and oxygen atoms in total. The van der Waals surface area contributed by atoms with Gasteiger partial charge in [-0.15, -0.1) is 0 Å². The van der Waals surface area contributed by atoms with Crippen molar-refractivity contribution in [2.45, 2.75) is 25.7 Å². The van der Waals surface area contributed by atoms with E-state index in [2.05, 4.69) is 10.6 Å². The number of likely N-dealkylation sites (tertiary alicyclic amines) is 1. The lowest BCUT2D eigenvalue weighted by Gasteiger charge is -2.32. The van der Waals surface area contributed by atoms with E-state index in [1.165, 1.54) is 0 Å². The molecule has 1 aromatic rings. The summed E-state index contributed by atoms with van der Waals surface area (Å²) >= 11 is 5.99. The second-order valence-electron chi connectivity index (χ2n) is 6.61. The number of anilines is 1. The number of ether oxygens (including phenoxy) is 2. The van der Waals surface area contributed by atoms with E-state index < -0.39 is 0 Å². The van der Waals surface area contributed by atoms with Crippen LogP contribution in [0.2, 0.25) is 5.02 Å². The number of nitrogens with zero attached hydrogens (tertiary/aromatic N) is 1. The average molecular weight is 398 g/mol. The van der Waals surface area contributed by atoms with Crippen molar-refractivity contribution in [3.05, 3.63) is 23.2 Å². The molecule has 2 N–H and O–H groups in total. The van der Waals surface area contributed by atoms with Crippen LogP contribution in [0.3, 0.4) is 0 Å². The van der Waals surface area contributed by atoms with E-state index in [1.807, 2.05) is 4.90 Å². The lowest BCUT2D eigenvalue weighted by Crippen LogP contribution is -2.46. The predicted octanol–water partition coefficient (Wildman–Crippen LogP) is 3.14. The Morgan fingerprint density at radius 3 is 2.89 bits per heavy atom. The summed E-state index contributed by atoms with van der Waals surface area (Å²) in [5.74, 6) is 0.806. The number of hydrogen-bond donors (Lipinski definition) is 2. The van der Waals surface area contributed by atoms with E-state index in [9.17, 15) is 9.59 Å². The summed E-state index contributed by atoms with van der Waals surface area (Å²) in [7, 11) is 3.15. The fraction of sp³-hybridized carbons (Fsp3) is 0.579. The van der Waals surface area contributed by atoms with Crippen LogP contribution in [-0.4, -0.2) is 57.3 Å². The van der Waals surface area contributed by atoms with Gasteiger partial charge in [0.05, 0.1) is 19.4 Å². The monoisotopic (exact) mass is 397 g/mol. The molecule has 0 radical (unpaired) electrons. The highest BCUT2D eigenvalue weighted by Crippen LogP contribution is 2.28. The molecule has 8 heteroatoms. The first-order valence-corrected chi connectivity index (χ1v) is 9.56. The molecule has 0 spiro atoms. The average Bonchev–Trinajstić information content (AvgIpc) is 2.67. The van der Waals surface area contributed by atoms with Crippen molar-refractivity contribution >= 4 is 29.2 Å². The number of urea groups is 1. The molecule has 1 aromatic carbocycles. The molecule has 0 saturated carbocycles. The molecule has 150 valence electrons. The number of amides is 3. The van der Waals surface area contributed by atoms with E-state index in [0.717, 1.165) is 25.8 Å². The quantitative estimate of drug-likeness (QED) is 0.660. The lowest BCUT2D eigenvalue weighted by molar-refractivity contribution is -0.116. The molecule has 3 amide bonds. The fourth-order valence-corrected chi connectivity index (χ4v) is 3.35. The minimum Gasteiger partial charge on any atom is -0.495 e. The van der Waals surface area contributed by atoms with Gasteiger partial charge in [-0.1, -0.05) is 11.6 Å². The van der Waals surface area contributed by atoms with Gasteiger partial charge in [-0.05, 0) is 43.4 Å². The summed E-state index contributed by atoms with van der Waals surface area (Å²) in [4.78, 5) is 26.3. The SMILES string of the molecule is COCCNC(=O)N1CCCC(CCC(=O)Nc2cc(Cl)ccc2OC)C1. The number of hydrogen-bond acceptors (Lipinski definition) is 4. The highest BCUT2D eigenvalue weighted by atomic mass is 35.5. The molecule has 1 aliphatic rings. The molecule has 1 aliphatic heterocycles. The standard InChI is InChI=1S/C19H28ClN3O4/c1-26-11-9-21-19(25)23-10-3-4-14(13-23)5-8-18(24)22-16-12-15(20)6-7-17(16)27-2/h6-7,12,14H,3-5,8-11,13H2,1-2H3,(H,21,25)(H,22,24). The van der Waals surface area contributed by atoms with Gasteiger partial charge in [-0.2, -0.15) is 0 Å². The molecule has 0 aliphatic carbocycles. The second kappa shape index (κ2) is 11.0. The maximum absolute atomic E-state index is 12.3. The number of carbonyl (C=O) groups is 2. The number of piperidine rings is 1. The van der Waals surface area contributed by atoms with Gasteiger partial charge < -0.3 is 25.0 Å². The smallest absolute Gasteiger partial charge is 0.317 e. The minimum atomic E-state index is -0.0859. The molecule has 0 bridgehead atoms. The summed E-state index contributed by atoms with van der Waals surface area (Å²) in [6.45, 7) is 2.42. The van der Waals surface area contributed by atoms with Crippen LogP contribution in [0.1, 0.15) is 25.7 Å². The molecular weight excluding hydrogens is 370 g/mol. The Labute approximate surface area is 165 Å². The van der Waals surface area contributed by atoms with E-state index in [0.29, 0.717) is 48.5 Å². The lowest BCUT2D eigenvalue weighted by atomic mass is 9.93. The molecular formula is C19H28ClN3O4. The first kappa shape index (κ1) is 21.3. The summed E-state index contributed by atoms with van der Waals surface area (Å²) in [6.07, 6.45) is 3.09. The highest BCUT2D eigenvalue weighted by molar-refractivity contribution is 6.31. The Hall–Kier alpha value is -1.99. The van der Waals surface area contributed by atoms with Crippen molar-refractivity contribution in [2.24, 2.45) is 5.92 Å². The molecule has 1 saturated heterocycles. The number of carbonyl (C=O) groups excluding carboxylic acids is 2. The number of benzene rings is 1. The third-order valence-electron chi connectivity index (χ3n) is 4.60. The number of halogens is 1. The Morgan fingerprint density at radius 2 is 2.15 bits per heavy atom. The highest BCUT2D eigenvalue weighted by Gasteiger charge is 2.24.